The number of aryl methyl sites for hydroxylation is 1. The third-order valence-electron chi connectivity index (χ3n) is 6.14. The van der Waals surface area contributed by atoms with Crippen LogP contribution in [-0.4, -0.2) is 14.5 Å². The van der Waals surface area contributed by atoms with Crippen LogP contribution in [0.5, 0.6) is 0 Å². The second kappa shape index (κ2) is 3.97. The van der Waals surface area contributed by atoms with Gasteiger partial charge in [-0.05, 0) is 66.8 Å². The molecule has 1 N–H and O–H groups in total. The largest absolute Gasteiger partial charge is 0.329 e. The van der Waals surface area contributed by atoms with E-state index in [9.17, 15) is 0 Å². The van der Waals surface area contributed by atoms with E-state index in [2.05, 4.69) is 43.3 Å². The summed E-state index contributed by atoms with van der Waals surface area (Å²) < 4.78 is 3.15. The normalized spacial score (nSPS) is 33.9. The van der Waals surface area contributed by atoms with Gasteiger partial charge in [0.2, 0.25) is 0 Å². The van der Waals surface area contributed by atoms with Crippen molar-refractivity contribution < 1.29 is 0 Å². The maximum absolute atomic E-state index is 5.67. The molecule has 3 nitrogen and oxygen atoms in total. The van der Waals surface area contributed by atoms with Gasteiger partial charge in [-0.1, -0.05) is 20.8 Å². The Morgan fingerprint density at radius 2 is 2.14 bits per heavy atom. The molecule has 2 aliphatic rings. The summed E-state index contributed by atoms with van der Waals surface area (Å²) in [5.41, 5.74) is 3.91. The topological polar surface area (TPSA) is 33.6 Å². The fourth-order valence-electron chi connectivity index (χ4n) is 5.28. The highest BCUT2D eigenvalue weighted by atomic mass is 32.1. The van der Waals surface area contributed by atoms with E-state index in [4.69, 9.17) is 17.2 Å². The van der Waals surface area contributed by atoms with Crippen LogP contribution in [0.15, 0.2) is 12.3 Å². The molecule has 2 fully saturated rings. The number of imidazole rings is 1. The predicted octanol–water partition coefficient (Wildman–Crippen LogP) is 4.79. The van der Waals surface area contributed by atoms with Gasteiger partial charge in [-0.3, -0.25) is 4.57 Å². The molecule has 112 valence electrons. The van der Waals surface area contributed by atoms with Crippen LogP contribution in [0.2, 0.25) is 0 Å². The molecule has 2 aromatic rings. The number of aromatic amines is 1. The van der Waals surface area contributed by atoms with Gasteiger partial charge in [0.1, 0.15) is 0 Å². The van der Waals surface area contributed by atoms with Crippen LogP contribution in [0.3, 0.4) is 0 Å². The van der Waals surface area contributed by atoms with E-state index in [0.29, 0.717) is 11.5 Å². The van der Waals surface area contributed by atoms with Gasteiger partial charge in [0.05, 0.1) is 5.52 Å². The molecule has 21 heavy (non-hydrogen) atoms. The highest BCUT2D eigenvalue weighted by Gasteiger charge is 2.60. The number of H-pyrrole nitrogens is 1. The van der Waals surface area contributed by atoms with Crippen LogP contribution < -0.4 is 0 Å². The lowest BCUT2D eigenvalue weighted by Gasteiger charge is -2.43. The monoisotopic (exact) mass is 301 g/mol. The molecule has 4 heteroatoms. The van der Waals surface area contributed by atoms with E-state index in [-0.39, 0.29) is 5.41 Å². The number of pyridine rings is 1. The van der Waals surface area contributed by atoms with Crippen LogP contribution in [0, 0.1) is 28.4 Å². The molecule has 2 heterocycles. The summed E-state index contributed by atoms with van der Waals surface area (Å²) in [5.74, 6) is 0.810. The second-order valence-corrected chi connectivity index (χ2v) is 8.39. The van der Waals surface area contributed by atoms with E-state index < -0.39 is 0 Å². The zero-order chi connectivity index (χ0) is 15.0. The summed E-state index contributed by atoms with van der Waals surface area (Å²) in [7, 11) is 0. The van der Waals surface area contributed by atoms with Crippen LogP contribution in [0.1, 0.15) is 51.6 Å². The molecule has 0 radical (unpaired) electrons. The summed E-state index contributed by atoms with van der Waals surface area (Å²) in [6, 6.07) is 2.59. The Bertz CT molecular complexity index is 780. The Morgan fingerprint density at radius 3 is 2.81 bits per heavy atom. The quantitative estimate of drug-likeness (QED) is 0.768. The average molecular weight is 301 g/mol. The van der Waals surface area contributed by atoms with Gasteiger partial charge in [0, 0.05) is 12.2 Å². The van der Waals surface area contributed by atoms with E-state index in [0.717, 1.165) is 21.9 Å². The number of nitrogens with one attached hydrogen (secondary N) is 1. The Kier molecular flexibility index (Phi) is 2.56. The van der Waals surface area contributed by atoms with Crippen LogP contribution >= 0.6 is 12.2 Å². The van der Waals surface area contributed by atoms with Crippen molar-refractivity contribution in [3.63, 3.8) is 0 Å². The molecule has 2 aliphatic carbocycles. The minimum absolute atomic E-state index is 0.285. The van der Waals surface area contributed by atoms with E-state index in [1.807, 2.05) is 6.20 Å². The molecule has 4 rings (SSSR count). The summed E-state index contributed by atoms with van der Waals surface area (Å²) in [5, 5.41) is 0. The van der Waals surface area contributed by atoms with Gasteiger partial charge in [-0.2, -0.15) is 0 Å². The number of hydrogen-bond donors (Lipinski definition) is 1. The smallest absolute Gasteiger partial charge is 0.179 e. The third-order valence-corrected chi connectivity index (χ3v) is 6.44. The maximum Gasteiger partial charge on any atom is 0.179 e. The molecule has 0 aliphatic heterocycles. The lowest BCUT2D eigenvalue weighted by Crippen LogP contribution is -2.37. The predicted molar refractivity (Wildman–Crippen MR) is 87.9 cm³/mol. The van der Waals surface area contributed by atoms with Crippen molar-refractivity contribution >= 4 is 23.4 Å². The van der Waals surface area contributed by atoms with Crippen molar-refractivity contribution in [3.8, 4) is 0 Å². The van der Waals surface area contributed by atoms with Crippen LogP contribution in [-0.2, 0) is 0 Å². The fraction of sp³-hybridized carbons (Fsp3) is 0.647. The van der Waals surface area contributed by atoms with Crippen LogP contribution in [0.4, 0.5) is 0 Å². The molecule has 0 spiro atoms. The van der Waals surface area contributed by atoms with Crippen molar-refractivity contribution in [3.05, 3.63) is 22.6 Å². The van der Waals surface area contributed by atoms with Gasteiger partial charge < -0.3 is 4.98 Å². The molecule has 0 amide bonds. The van der Waals surface area contributed by atoms with Gasteiger partial charge in [-0.15, -0.1) is 0 Å². The van der Waals surface area contributed by atoms with Crippen molar-refractivity contribution in [1.29, 1.82) is 0 Å². The van der Waals surface area contributed by atoms with Gasteiger partial charge >= 0.3 is 0 Å². The SMILES string of the molecule is Cc1cnc2c(c1)[nH]c(=S)n2C1C2(C)CCC(C2)C1(C)C. The Labute approximate surface area is 130 Å². The summed E-state index contributed by atoms with van der Waals surface area (Å²) >= 11 is 5.67. The minimum atomic E-state index is 0.285. The van der Waals surface area contributed by atoms with E-state index in [1.54, 1.807) is 0 Å². The summed E-state index contributed by atoms with van der Waals surface area (Å²) in [6.07, 6.45) is 5.95. The molecule has 0 aromatic carbocycles. The Balaban J connectivity index is 1.98. The number of fused-ring (bicyclic) bond motifs is 3. The first kappa shape index (κ1) is 13.5. The van der Waals surface area contributed by atoms with Crippen molar-refractivity contribution in [1.82, 2.24) is 14.5 Å². The van der Waals surface area contributed by atoms with Crippen molar-refractivity contribution in [2.45, 2.75) is 53.0 Å². The highest BCUT2D eigenvalue weighted by molar-refractivity contribution is 7.71. The number of hydrogen-bond acceptors (Lipinski definition) is 2. The molecular weight excluding hydrogens is 278 g/mol. The first-order chi connectivity index (χ1) is 9.83. The Morgan fingerprint density at radius 1 is 1.38 bits per heavy atom. The molecule has 2 bridgehead atoms. The molecule has 3 atom stereocenters. The second-order valence-electron chi connectivity index (χ2n) is 8.00. The molecule has 2 saturated carbocycles. The van der Waals surface area contributed by atoms with Gasteiger partial charge in [0.15, 0.2) is 10.4 Å². The maximum atomic E-state index is 5.67. The Hall–Kier alpha value is -1.16. The summed E-state index contributed by atoms with van der Waals surface area (Å²) in [4.78, 5) is 8.07. The first-order valence-electron chi connectivity index (χ1n) is 7.90. The fourth-order valence-corrected chi connectivity index (χ4v) is 5.58. The summed E-state index contributed by atoms with van der Waals surface area (Å²) in [6.45, 7) is 9.35. The molecule has 0 saturated heterocycles. The highest BCUT2D eigenvalue weighted by Crippen LogP contribution is 2.68. The van der Waals surface area contributed by atoms with Crippen LogP contribution in [0.25, 0.3) is 11.2 Å². The lowest BCUT2D eigenvalue weighted by atomic mass is 9.68. The third kappa shape index (κ3) is 1.65. The number of rotatable bonds is 1. The standard InChI is InChI=1S/C17H23N3S/c1-10-7-12-13(18-9-10)20(15(21)19-12)14-16(2,3)11-5-6-17(14,4)8-11/h7,9,11,14H,5-6,8H2,1-4H3,(H,19,21). The molecule has 2 aromatic heterocycles. The lowest BCUT2D eigenvalue weighted by molar-refractivity contribution is 0.0851. The number of nitrogens with zero attached hydrogens (tertiary/aromatic N) is 2. The average Bonchev–Trinajstić information content (AvgIpc) is 2.97. The minimum Gasteiger partial charge on any atom is -0.329 e. The molecular formula is C17H23N3S. The first-order valence-corrected chi connectivity index (χ1v) is 8.31. The van der Waals surface area contributed by atoms with E-state index in [1.165, 1.54) is 24.8 Å². The zero-order valence-electron chi connectivity index (χ0n) is 13.2. The zero-order valence-corrected chi connectivity index (χ0v) is 14.0. The van der Waals surface area contributed by atoms with Gasteiger partial charge in [-0.25, -0.2) is 4.98 Å². The van der Waals surface area contributed by atoms with Gasteiger partial charge in [0.25, 0.3) is 0 Å². The van der Waals surface area contributed by atoms with Crippen molar-refractivity contribution in [2.75, 3.05) is 0 Å². The van der Waals surface area contributed by atoms with Crippen molar-refractivity contribution in [2.24, 2.45) is 16.7 Å². The number of aromatic nitrogens is 3. The molecule has 3 unspecified atom stereocenters. The van der Waals surface area contributed by atoms with E-state index >= 15 is 0 Å².